The molecule has 0 radical (unpaired) electrons. The van der Waals surface area contributed by atoms with Gasteiger partial charge in [0.2, 0.25) is 5.91 Å². The third-order valence-electron chi connectivity index (χ3n) is 4.07. The Morgan fingerprint density at radius 1 is 1.26 bits per heavy atom. The van der Waals surface area contributed by atoms with Gasteiger partial charge in [-0.15, -0.1) is 0 Å². The van der Waals surface area contributed by atoms with E-state index < -0.39 is 0 Å². The first kappa shape index (κ1) is 15.3. The highest BCUT2D eigenvalue weighted by Gasteiger charge is 2.29. The second-order valence-corrected chi connectivity index (χ2v) is 5.78. The molecule has 1 atom stereocenters. The summed E-state index contributed by atoms with van der Waals surface area (Å²) in [5.41, 5.74) is 2.24. The van der Waals surface area contributed by atoms with Crippen LogP contribution in [0.25, 0.3) is 0 Å². The number of benzene rings is 1. The largest absolute Gasteiger partial charge is 0.459 e. The molecule has 0 bridgehead atoms. The lowest BCUT2D eigenvalue weighted by Crippen LogP contribution is -2.36. The van der Waals surface area contributed by atoms with Gasteiger partial charge in [0.25, 0.3) is 5.91 Å². The van der Waals surface area contributed by atoms with Crippen LogP contribution in [0.1, 0.15) is 35.9 Å². The van der Waals surface area contributed by atoms with Crippen molar-refractivity contribution in [1.82, 2.24) is 5.32 Å². The number of anilines is 1. The molecule has 120 valence electrons. The maximum Gasteiger partial charge on any atom is 0.286 e. The lowest BCUT2D eigenvalue weighted by Gasteiger charge is -2.22. The minimum Gasteiger partial charge on any atom is -0.459 e. The van der Waals surface area contributed by atoms with Crippen LogP contribution in [0.5, 0.6) is 0 Å². The third-order valence-corrected chi connectivity index (χ3v) is 4.07. The Labute approximate surface area is 135 Å². The molecule has 1 aromatic heterocycles. The Morgan fingerprint density at radius 2 is 2.09 bits per heavy atom. The molecule has 0 aliphatic carbocycles. The van der Waals surface area contributed by atoms with Crippen molar-refractivity contribution in [2.75, 3.05) is 11.4 Å². The van der Waals surface area contributed by atoms with Gasteiger partial charge in [0, 0.05) is 24.7 Å². The summed E-state index contributed by atoms with van der Waals surface area (Å²) >= 11 is 0. The molecule has 0 spiro atoms. The van der Waals surface area contributed by atoms with Gasteiger partial charge < -0.3 is 14.6 Å². The molecule has 0 saturated heterocycles. The molecule has 2 amide bonds. The van der Waals surface area contributed by atoms with E-state index in [0.29, 0.717) is 25.1 Å². The zero-order chi connectivity index (χ0) is 16.2. The van der Waals surface area contributed by atoms with Crippen LogP contribution in [0.3, 0.4) is 0 Å². The Hall–Kier alpha value is -2.56. The second kappa shape index (κ2) is 6.69. The van der Waals surface area contributed by atoms with Crippen molar-refractivity contribution in [2.45, 2.75) is 32.2 Å². The molecule has 23 heavy (non-hydrogen) atoms. The number of furan rings is 1. The van der Waals surface area contributed by atoms with Crippen molar-refractivity contribution in [1.29, 1.82) is 0 Å². The zero-order valence-corrected chi connectivity index (χ0v) is 13.1. The number of hydrogen-bond donors (Lipinski definition) is 1. The maximum atomic E-state index is 12.5. The fourth-order valence-corrected chi connectivity index (χ4v) is 3.00. The predicted octanol–water partition coefficient (Wildman–Crippen LogP) is 2.77. The number of nitrogens with one attached hydrogen (secondary N) is 1. The Bertz CT molecular complexity index is 694. The van der Waals surface area contributed by atoms with Gasteiger partial charge in [-0.25, -0.2) is 0 Å². The van der Waals surface area contributed by atoms with E-state index in [0.717, 1.165) is 12.1 Å². The molecule has 1 aromatic carbocycles. The number of amides is 2. The lowest BCUT2D eigenvalue weighted by molar-refractivity contribution is -0.119. The number of fused-ring (bicyclic) bond motifs is 1. The summed E-state index contributed by atoms with van der Waals surface area (Å²) in [6.45, 7) is 2.52. The summed E-state index contributed by atoms with van der Waals surface area (Å²) in [5, 5.41) is 2.76. The van der Waals surface area contributed by atoms with Gasteiger partial charge in [0.05, 0.1) is 6.26 Å². The lowest BCUT2D eigenvalue weighted by atomic mass is 10.1. The number of para-hydroxylation sites is 1. The van der Waals surface area contributed by atoms with Crippen molar-refractivity contribution in [2.24, 2.45) is 0 Å². The summed E-state index contributed by atoms with van der Waals surface area (Å²) in [4.78, 5) is 26.1. The SMILES string of the molecule is C[C@@H]1Cc2ccccc2N1C(=O)CCCNC(=O)c1ccco1. The van der Waals surface area contributed by atoms with Crippen LogP contribution in [-0.2, 0) is 11.2 Å². The molecule has 1 N–H and O–H groups in total. The molecule has 1 aliphatic heterocycles. The van der Waals surface area contributed by atoms with Crippen LogP contribution in [-0.4, -0.2) is 24.4 Å². The Morgan fingerprint density at radius 3 is 2.87 bits per heavy atom. The second-order valence-electron chi connectivity index (χ2n) is 5.78. The molecule has 2 aromatic rings. The van der Waals surface area contributed by atoms with Crippen molar-refractivity contribution in [3.8, 4) is 0 Å². The third kappa shape index (κ3) is 3.28. The van der Waals surface area contributed by atoms with Crippen LogP contribution < -0.4 is 10.2 Å². The molecule has 0 unspecified atom stereocenters. The molecule has 0 saturated carbocycles. The van der Waals surface area contributed by atoms with E-state index in [1.165, 1.54) is 11.8 Å². The summed E-state index contributed by atoms with van der Waals surface area (Å²) in [6, 6.07) is 11.5. The van der Waals surface area contributed by atoms with Gasteiger partial charge in [-0.1, -0.05) is 18.2 Å². The maximum absolute atomic E-state index is 12.5. The van der Waals surface area contributed by atoms with Crippen molar-refractivity contribution in [3.05, 3.63) is 54.0 Å². The normalized spacial score (nSPS) is 16.2. The smallest absolute Gasteiger partial charge is 0.286 e. The van der Waals surface area contributed by atoms with Crippen LogP contribution in [0.4, 0.5) is 5.69 Å². The molecule has 0 fully saturated rings. The number of hydrogen-bond acceptors (Lipinski definition) is 3. The van der Waals surface area contributed by atoms with E-state index in [2.05, 4.69) is 18.3 Å². The standard InChI is InChI=1S/C18H20N2O3/c1-13-12-14-6-2-3-7-15(14)20(13)17(21)9-4-10-19-18(22)16-8-5-11-23-16/h2-3,5-8,11,13H,4,9-10,12H2,1H3,(H,19,22)/t13-/m1/s1. The zero-order valence-electron chi connectivity index (χ0n) is 13.1. The average molecular weight is 312 g/mol. The summed E-state index contributed by atoms with van der Waals surface area (Å²) in [7, 11) is 0. The Kier molecular flexibility index (Phi) is 4.46. The molecule has 1 aliphatic rings. The van der Waals surface area contributed by atoms with Gasteiger partial charge in [-0.3, -0.25) is 9.59 Å². The minimum absolute atomic E-state index is 0.106. The quantitative estimate of drug-likeness (QED) is 0.864. The van der Waals surface area contributed by atoms with Crippen LogP contribution in [0.2, 0.25) is 0 Å². The number of nitrogens with zero attached hydrogens (tertiary/aromatic N) is 1. The Balaban J connectivity index is 1.49. The molecule has 2 heterocycles. The van der Waals surface area contributed by atoms with Crippen molar-refractivity contribution < 1.29 is 14.0 Å². The summed E-state index contributed by atoms with van der Waals surface area (Å²) < 4.78 is 5.02. The average Bonchev–Trinajstić information content (AvgIpc) is 3.17. The van der Waals surface area contributed by atoms with Gasteiger partial charge >= 0.3 is 0 Å². The number of carbonyl (C=O) groups is 2. The van der Waals surface area contributed by atoms with Crippen LogP contribution in [0.15, 0.2) is 47.1 Å². The number of rotatable bonds is 5. The summed E-state index contributed by atoms with van der Waals surface area (Å²) in [6.07, 6.45) is 3.38. The predicted molar refractivity (Wildman–Crippen MR) is 87.4 cm³/mol. The molecular weight excluding hydrogens is 292 g/mol. The van der Waals surface area contributed by atoms with E-state index in [9.17, 15) is 9.59 Å². The van der Waals surface area contributed by atoms with E-state index >= 15 is 0 Å². The highest BCUT2D eigenvalue weighted by Crippen LogP contribution is 2.32. The van der Waals surface area contributed by atoms with Crippen LogP contribution >= 0.6 is 0 Å². The first-order valence-corrected chi connectivity index (χ1v) is 7.88. The highest BCUT2D eigenvalue weighted by molar-refractivity contribution is 5.96. The molecule has 3 rings (SSSR count). The molecule has 5 nitrogen and oxygen atoms in total. The first-order valence-electron chi connectivity index (χ1n) is 7.88. The van der Waals surface area contributed by atoms with Gasteiger partial charge in [-0.05, 0) is 43.5 Å². The van der Waals surface area contributed by atoms with Gasteiger partial charge in [0.15, 0.2) is 5.76 Å². The highest BCUT2D eigenvalue weighted by atomic mass is 16.3. The van der Waals surface area contributed by atoms with Gasteiger partial charge in [-0.2, -0.15) is 0 Å². The van der Waals surface area contributed by atoms with Crippen molar-refractivity contribution >= 4 is 17.5 Å². The monoisotopic (exact) mass is 312 g/mol. The fourth-order valence-electron chi connectivity index (χ4n) is 3.00. The van der Waals surface area contributed by atoms with E-state index in [4.69, 9.17) is 4.42 Å². The fraction of sp³-hybridized carbons (Fsp3) is 0.333. The molecular formula is C18H20N2O3. The topological polar surface area (TPSA) is 62.6 Å². The van der Waals surface area contributed by atoms with Gasteiger partial charge in [0.1, 0.15) is 0 Å². The van der Waals surface area contributed by atoms with E-state index in [-0.39, 0.29) is 17.9 Å². The molecule has 5 heteroatoms. The van der Waals surface area contributed by atoms with E-state index in [1.54, 1.807) is 12.1 Å². The number of carbonyl (C=O) groups excluding carboxylic acids is 2. The first-order chi connectivity index (χ1) is 11.2. The van der Waals surface area contributed by atoms with E-state index in [1.807, 2.05) is 23.1 Å². The minimum atomic E-state index is -0.248. The summed E-state index contributed by atoms with van der Waals surface area (Å²) in [5.74, 6) is 0.149. The van der Waals surface area contributed by atoms with Crippen LogP contribution in [0, 0.1) is 0 Å². The van der Waals surface area contributed by atoms with Crippen molar-refractivity contribution in [3.63, 3.8) is 0 Å².